The summed E-state index contributed by atoms with van der Waals surface area (Å²) < 4.78 is 122. The van der Waals surface area contributed by atoms with Crippen LogP contribution in [0.15, 0.2) is 0 Å². The van der Waals surface area contributed by atoms with Crippen LogP contribution >= 0.6 is 11.6 Å². The van der Waals surface area contributed by atoms with Gasteiger partial charge in [0, 0.05) is 0 Å². The van der Waals surface area contributed by atoms with E-state index in [-0.39, 0.29) is 0 Å². The zero-order valence-electron chi connectivity index (χ0n) is 8.42. The van der Waals surface area contributed by atoms with E-state index in [2.05, 4.69) is 11.6 Å². The summed E-state index contributed by atoms with van der Waals surface area (Å²) in [6.07, 6.45) is -20.5. The highest BCUT2D eigenvalue weighted by atomic mass is 35.5. The minimum absolute atomic E-state index is 1.99. The van der Waals surface area contributed by atoms with Crippen molar-refractivity contribution in [2.24, 2.45) is 0 Å². The van der Waals surface area contributed by atoms with Gasteiger partial charge in [-0.15, -0.1) is 0 Å². The molecule has 20 heavy (non-hydrogen) atoms. The van der Waals surface area contributed by atoms with Crippen molar-refractivity contribution >= 4 is 16.8 Å². The Labute approximate surface area is 107 Å². The van der Waals surface area contributed by atoms with Crippen molar-refractivity contribution in [3.63, 3.8) is 0 Å². The highest BCUT2D eigenvalue weighted by molar-refractivity contribution is 6.65. The first-order valence-electron chi connectivity index (χ1n) is 3.91. The fourth-order valence-corrected chi connectivity index (χ4v) is 0.770. The van der Waals surface area contributed by atoms with Crippen LogP contribution in [0, 0.1) is 0 Å². The third-order valence-corrected chi connectivity index (χ3v) is 1.90. The summed E-state index contributed by atoms with van der Waals surface area (Å²) in [6, 6.07) is 0. The Morgan fingerprint density at radius 1 is 0.850 bits per heavy atom. The van der Waals surface area contributed by atoms with Crippen LogP contribution < -0.4 is 0 Å². The molecule has 120 valence electrons. The molecular formula is C6HClF10O3. The number of halogens is 11. The second-order valence-electron chi connectivity index (χ2n) is 3.11. The first kappa shape index (κ1) is 19.2. The van der Waals surface area contributed by atoms with Gasteiger partial charge < -0.3 is 5.11 Å². The fraction of sp³-hybridized carbons (Fsp3) is 0.833. The second kappa shape index (κ2) is 4.87. The zero-order chi connectivity index (χ0) is 16.8. The van der Waals surface area contributed by atoms with Crippen LogP contribution in [-0.2, 0) is 9.53 Å². The number of aliphatic hydroxyl groups is 1. The van der Waals surface area contributed by atoms with Crippen LogP contribution in [-0.4, -0.2) is 40.5 Å². The Morgan fingerprint density at radius 2 is 1.20 bits per heavy atom. The Balaban J connectivity index is 5.73. The topological polar surface area (TPSA) is 46.5 Å². The van der Waals surface area contributed by atoms with Crippen molar-refractivity contribution in [1.82, 2.24) is 0 Å². The molecule has 1 unspecified atom stereocenters. The van der Waals surface area contributed by atoms with Crippen molar-refractivity contribution in [1.29, 1.82) is 0 Å². The summed E-state index contributed by atoms with van der Waals surface area (Å²) in [5.41, 5.74) is 0. The summed E-state index contributed by atoms with van der Waals surface area (Å²) >= 11 is 4.05. The molecule has 0 spiro atoms. The molecule has 0 rings (SSSR count). The van der Waals surface area contributed by atoms with Gasteiger partial charge in [0.2, 0.25) is 0 Å². The molecule has 0 aromatic rings. The highest BCUT2D eigenvalue weighted by Crippen LogP contribution is 2.50. The van der Waals surface area contributed by atoms with Gasteiger partial charge in [0.05, 0.1) is 0 Å². The van der Waals surface area contributed by atoms with Crippen LogP contribution in [0.4, 0.5) is 43.9 Å². The molecule has 0 aromatic carbocycles. The average Bonchev–Trinajstić information content (AvgIpc) is 2.12. The van der Waals surface area contributed by atoms with Gasteiger partial charge in [0.25, 0.3) is 5.24 Å². The van der Waals surface area contributed by atoms with Gasteiger partial charge in [0.15, 0.2) is 0 Å². The molecule has 14 heteroatoms. The first-order chi connectivity index (χ1) is 8.40. The van der Waals surface area contributed by atoms with Crippen molar-refractivity contribution in [3.8, 4) is 0 Å². The third kappa shape index (κ3) is 3.09. The van der Waals surface area contributed by atoms with Crippen molar-refractivity contribution in [2.75, 3.05) is 0 Å². The van der Waals surface area contributed by atoms with Crippen molar-refractivity contribution < 1.29 is 58.5 Å². The van der Waals surface area contributed by atoms with E-state index in [9.17, 15) is 48.7 Å². The Morgan fingerprint density at radius 3 is 1.40 bits per heavy atom. The van der Waals surface area contributed by atoms with E-state index in [4.69, 9.17) is 5.11 Å². The molecule has 0 amide bonds. The van der Waals surface area contributed by atoms with E-state index in [1.807, 2.05) is 4.74 Å². The van der Waals surface area contributed by atoms with Gasteiger partial charge >= 0.3 is 30.2 Å². The Hall–Kier alpha value is -0.820. The average molecular weight is 347 g/mol. The van der Waals surface area contributed by atoms with Gasteiger partial charge in [-0.05, 0) is 11.6 Å². The summed E-state index contributed by atoms with van der Waals surface area (Å²) in [5.74, 6) is -12.9. The molecule has 0 bridgehead atoms. The standard InChI is InChI=1S/C6HClF10O3/c7-1(18)2(19,4(10,11)12)20-6(16,17)3(8,9)5(13,14)15/h19H. The Bertz CT molecular complexity index is 387. The van der Waals surface area contributed by atoms with E-state index in [0.717, 1.165) is 0 Å². The lowest BCUT2D eigenvalue weighted by molar-refractivity contribution is -0.482. The molecule has 1 atom stereocenters. The molecule has 0 fully saturated rings. The van der Waals surface area contributed by atoms with E-state index in [0.29, 0.717) is 0 Å². The lowest BCUT2D eigenvalue weighted by Crippen LogP contribution is -2.62. The molecular weight excluding hydrogens is 345 g/mol. The van der Waals surface area contributed by atoms with Gasteiger partial charge in [-0.25, -0.2) is 0 Å². The molecule has 0 radical (unpaired) electrons. The smallest absolute Gasteiger partial charge is 0.351 e. The molecule has 0 saturated heterocycles. The number of hydrogen-bond donors (Lipinski definition) is 1. The monoisotopic (exact) mass is 346 g/mol. The zero-order valence-corrected chi connectivity index (χ0v) is 9.18. The number of hydrogen-bond acceptors (Lipinski definition) is 3. The van der Waals surface area contributed by atoms with Crippen LogP contribution in [0.2, 0.25) is 0 Å². The molecule has 0 aliphatic heterocycles. The molecule has 0 aliphatic carbocycles. The van der Waals surface area contributed by atoms with Gasteiger partial charge in [-0.3, -0.25) is 9.53 Å². The van der Waals surface area contributed by atoms with Crippen LogP contribution in [0.5, 0.6) is 0 Å². The molecule has 3 nitrogen and oxygen atoms in total. The lowest BCUT2D eigenvalue weighted by atomic mass is 10.2. The van der Waals surface area contributed by atoms with E-state index in [1.165, 1.54) is 0 Å². The predicted molar refractivity (Wildman–Crippen MR) is 38.9 cm³/mol. The number of alkyl halides is 10. The quantitative estimate of drug-likeness (QED) is 0.484. The maximum atomic E-state index is 12.5. The van der Waals surface area contributed by atoms with Gasteiger partial charge in [0.1, 0.15) is 0 Å². The van der Waals surface area contributed by atoms with Crippen LogP contribution in [0.3, 0.4) is 0 Å². The maximum absolute atomic E-state index is 12.5. The second-order valence-corrected chi connectivity index (χ2v) is 3.45. The number of carbonyl (C=O) groups is 1. The van der Waals surface area contributed by atoms with E-state index < -0.39 is 35.4 Å². The minimum Gasteiger partial charge on any atom is -0.351 e. The van der Waals surface area contributed by atoms with E-state index in [1.54, 1.807) is 0 Å². The summed E-state index contributed by atoms with van der Waals surface area (Å²) in [4.78, 5) is 10.2. The molecule has 1 N–H and O–H groups in total. The SMILES string of the molecule is O=C(Cl)C(O)(OC(F)(F)C(F)(F)C(F)(F)F)C(F)(F)F. The Kier molecular flexibility index (Phi) is 4.67. The minimum atomic E-state index is -7.13. The number of ether oxygens (including phenoxy) is 1. The first-order valence-corrected chi connectivity index (χ1v) is 4.29. The van der Waals surface area contributed by atoms with Gasteiger partial charge in [-0.1, -0.05) is 0 Å². The lowest BCUT2D eigenvalue weighted by Gasteiger charge is -2.34. The van der Waals surface area contributed by atoms with Crippen molar-refractivity contribution in [3.05, 3.63) is 0 Å². The van der Waals surface area contributed by atoms with Crippen LogP contribution in [0.25, 0.3) is 0 Å². The third-order valence-electron chi connectivity index (χ3n) is 1.65. The molecule has 0 heterocycles. The number of carbonyl (C=O) groups excluding carboxylic acids is 1. The maximum Gasteiger partial charge on any atom is 0.462 e. The van der Waals surface area contributed by atoms with Gasteiger partial charge in [-0.2, -0.15) is 43.9 Å². The summed E-state index contributed by atoms with van der Waals surface area (Å²) in [6.45, 7) is 0. The normalized spacial score (nSPS) is 17.8. The molecule has 0 saturated carbocycles. The molecule has 0 aromatic heterocycles. The van der Waals surface area contributed by atoms with Crippen molar-refractivity contribution in [2.45, 2.75) is 30.2 Å². The van der Waals surface area contributed by atoms with Crippen LogP contribution in [0.1, 0.15) is 0 Å². The highest BCUT2D eigenvalue weighted by Gasteiger charge is 2.78. The fourth-order valence-electron chi connectivity index (χ4n) is 0.624. The summed E-state index contributed by atoms with van der Waals surface area (Å²) in [5, 5.41) is 5.19. The van der Waals surface area contributed by atoms with E-state index >= 15 is 0 Å². The number of rotatable bonds is 4. The predicted octanol–water partition coefficient (Wildman–Crippen LogP) is 2.81. The molecule has 0 aliphatic rings. The summed E-state index contributed by atoms with van der Waals surface area (Å²) in [7, 11) is 0. The largest absolute Gasteiger partial charge is 0.462 e.